The summed E-state index contributed by atoms with van der Waals surface area (Å²) in [6.07, 6.45) is 2.29. The zero-order chi connectivity index (χ0) is 15.4. The van der Waals surface area contributed by atoms with Crippen LogP contribution in [-0.4, -0.2) is 36.5 Å². The van der Waals surface area contributed by atoms with Gasteiger partial charge in [-0.3, -0.25) is 9.69 Å². The van der Waals surface area contributed by atoms with Crippen molar-refractivity contribution in [2.45, 2.75) is 13.3 Å². The lowest BCUT2D eigenvalue weighted by molar-refractivity contribution is -0.122. The van der Waals surface area contributed by atoms with E-state index in [0.29, 0.717) is 24.1 Å². The van der Waals surface area contributed by atoms with Crippen molar-refractivity contribution in [2.24, 2.45) is 0 Å². The normalized spacial score (nSPS) is 16.3. The van der Waals surface area contributed by atoms with E-state index in [1.54, 1.807) is 30.3 Å². The van der Waals surface area contributed by atoms with Crippen molar-refractivity contribution in [3.8, 4) is 0 Å². The molecule has 1 aliphatic heterocycles. The molecule has 0 radical (unpaired) electrons. The lowest BCUT2D eigenvalue weighted by Gasteiger charge is -2.08. The van der Waals surface area contributed by atoms with Gasteiger partial charge in [-0.25, -0.2) is 9.59 Å². The van der Waals surface area contributed by atoms with E-state index in [9.17, 15) is 14.4 Å². The number of carbonyl (C=O) groups is 3. The molecule has 3 amide bonds. The van der Waals surface area contributed by atoms with E-state index in [2.05, 4.69) is 10.1 Å². The molecule has 0 spiro atoms. The number of benzene rings is 1. The Hall–Kier alpha value is -2.63. The first kappa shape index (κ1) is 14.8. The highest BCUT2D eigenvalue weighted by Crippen LogP contribution is 2.15. The molecule has 1 fully saturated rings. The molecule has 0 atom stereocenters. The second-order valence-electron chi connectivity index (χ2n) is 4.56. The molecule has 21 heavy (non-hydrogen) atoms. The Labute approximate surface area is 122 Å². The van der Waals surface area contributed by atoms with Crippen LogP contribution < -0.4 is 5.32 Å². The van der Waals surface area contributed by atoms with Crippen molar-refractivity contribution in [1.82, 2.24) is 10.2 Å². The molecular formula is C15H16N2O4. The summed E-state index contributed by atoms with van der Waals surface area (Å²) in [6, 6.07) is 6.16. The number of methoxy groups -OCH3 is 1. The minimum absolute atomic E-state index is 0.235. The van der Waals surface area contributed by atoms with E-state index < -0.39 is 12.0 Å². The monoisotopic (exact) mass is 288 g/mol. The van der Waals surface area contributed by atoms with Crippen molar-refractivity contribution in [1.29, 1.82) is 0 Å². The van der Waals surface area contributed by atoms with E-state index in [4.69, 9.17) is 0 Å². The van der Waals surface area contributed by atoms with E-state index >= 15 is 0 Å². The van der Waals surface area contributed by atoms with Crippen molar-refractivity contribution in [2.75, 3.05) is 13.7 Å². The predicted octanol–water partition coefficient (Wildman–Crippen LogP) is 1.78. The fraction of sp³-hybridized carbons (Fsp3) is 0.267. The number of nitrogens with zero attached hydrogens (tertiary/aromatic N) is 1. The molecule has 110 valence electrons. The smallest absolute Gasteiger partial charge is 0.337 e. The number of imide groups is 1. The number of hydrogen-bond acceptors (Lipinski definition) is 4. The molecule has 1 saturated heterocycles. The summed E-state index contributed by atoms with van der Waals surface area (Å²) in [7, 11) is 1.31. The Morgan fingerprint density at radius 3 is 2.52 bits per heavy atom. The molecule has 0 aliphatic carbocycles. The van der Waals surface area contributed by atoms with Gasteiger partial charge in [-0.2, -0.15) is 0 Å². The number of rotatable bonds is 4. The van der Waals surface area contributed by atoms with Crippen LogP contribution in [0.15, 0.2) is 30.0 Å². The number of hydrogen-bond donors (Lipinski definition) is 1. The molecule has 2 rings (SSSR count). The van der Waals surface area contributed by atoms with Crippen LogP contribution in [0, 0.1) is 0 Å². The van der Waals surface area contributed by atoms with E-state index in [-0.39, 0.29) is 11.6 Å². The minimum atomic E-state index is -0.423. The van der Waals surface area contributed by atoms with Crippen molar-refractivity contribution < 1.29 is 19.1 Å². The number of ether oxygens (including phenoxy) is 1. The number of nitrogens with one attached hydrogen (secondary N) is 1. The molecule has 6 heteroatoms. The van der Waals surface area contributed by atoms with Crippen LogP contribution in [0.25, 0.3) is 6.08 Å². The van der Waals surface area contributed by atoms with Gasteiger partial charge in [0.1, 0.15) is 5.70 Å². The maximum absolute atomic E-state index is 12.0. The van der Waals surface area contributed by atoms with Gasteiger partial charge in [0.05, 0.1) is 12.7 Å². The lowest BCUT2D eigenvalue weighted by Crippen LogP contribution is -2.31. The lowest BCUT2D eigenvalue weighted by atomic mass is 10.1. The highest BCUT2D eigenvalue weighted by atomic mass is 16.5. The molecule has 1 aliphatic rings. The standard InChI is InChI=1S/C15H16N2O4/c1-3-8-17-13(18)12(16-15(17)20)9-10-4-6-11(7-5-10)14(19)21-2/h4-7,9H,3,8H2,1-2H3,(H,16,20)/b12-9+. The Balaban J connectivity index is 2.19. The largest absolute Gasteiger partial charge is 0.465 e. The van der Waals surface area contributed by atoms with E-state index in [0.717, 1.165) is 0 Å². The number of amides is 3. The van der Waals surface area contributed by atoms with Crippen LogP contribution in [0.1, 0.15) is 29.3 Å². The third-order valence-electron chi connectivity index (χ3n) is 3.05. The number of esters is 1. The summed E-state index contributed by atoms with van der Waals surface area (Å²) >= 11 is 0. The van der Waals surface area contributed by atoms with Gasteiger partial charge in [0, 0.05) is 6.54 Å². The van der Waals surface area contributed by atoms with Gasteiger partial charge in [0.15, 0.2) is 0 Å². The molecule has 0 unspecified atom stereocenters. The first-order valence-electron chi connectivity index (χ1n) is 6.59. The van der Waals surface area contributed by atoms with Crippen LogP contribution in [0.3, 0.4) is 0 Å². The van der Waals surface area contributed by atoms with Crippen LogP contribution in [0.5, 0.6) is 0 Å². The number of urea groups is 1. The molecule has 1 aromatic carbocycles. The summed E-state index contributed by atoms with van der Waals surface area (Å²) < 4.78 is 4.61. The predicted molar refractivity (Wildman–Crippen MR) is 76.3 cm³/mol. The summed E-state index contributed by atoms with van der Waals surface area (Å²) in [5, 5.41) is 2.54. The summed E-state index contributed by atoms with van der Waals surface area (Å²) in [4.78, 5) is 36.2. The topological polar surface area (TPSA) is 75.7 Å². The van der Waals surface area contributed by atoms with Gasteiger partial charge in [-0.15, -0.1) is 0 Å². The van der Waals surface area contributed by atoms with Crippen LogP contribution in [-0.2, 0) is 9.53 Å². The van der Waals surface area contributed by atoms with Crippen LogP contribution >= 0.6 is 0 Å². The molecule has 1 aromatic rings. The van der Waals surface area contributed by atoms with Crippen LogP contribution in [0.4, 0.5) is 4.79 Å². The highest BCUT2D eigenvalue weighted by Gasteiger charge is 2.32. The minimum Gasteiger partial charge on any atom is -0.465 e. The molecule has 0 aromatic heterocycles. The second-order valence-corrected chi connectivity index (χ2v) is 4.56. The first-order valence-corrected chi connectivity index (χ1v) is 6.59. The Kier molecular flexibility index (Phi) is 4.37. The third-order valence-corrected chi connectivity index (χ3v) is 3.05. The maximum atomic E-state index is 12.0. The highest BCUT2D eigenvalue weighted by molar-refractivity contribution is 6.13. The van der Waals surface area contributed by atoms with Crippen molar-refractivity contribution in [3.63, 3.8) is 0 Å². The molecule has 6 nitrogen and oxygen atoms in total. The zero-order valence-corrected chi connectivity index (χ0v) is 11.9. The van der Waals surface area contributed by atoms with Crippen LogP contribution in [0.2, 0.25) is 0 Å². The molecule has 0 saturated carbocycles. The van der Waals surface area contributed by atoms with Gasteiger partial charge in [0.25, 0.3) is 5.91 Å². The van der Waals surface area contributed by atoms with Gasteiger partial charge in [-0.05, 0) is 30.2 Å². The summed E-state index contributed by atoms with van der Waals surface area (Å²) in [6.45, 7) is 2.29. The zero-order valence-electron chi connectivity index (χ0n) is 11.9. The van der Waals surface area contributed by atoms with E-state index in [1.807, 2.05) is 6.92 Å². The SMILES string of the molecule is CCCN1C(=O)N/C(=C/c2ccc(C(=O)OC)cc2)C1=O. The Morgan fingerprint density at radius 2 is 1.95 bits per heavy atom. The summed E-state index contributed by atoms with van der Waals surface area (Å²) in [5.74, 6) is -0.757. The first-order chi connectivity index (χ1) is 10.1. The average Bonchev–Trinajstić information content (AvgIpc) is 2.75. The van der Waals surface area contributed by atoms with Crippen molar-refractivity contribution >= 4 is 24.0 Å². The molecule has 1 heterocycles. The van der Waals surface area contributed by atoms with Gasteiger partial charge >= 0.3 is 12.0 Å². The molecule has 0 bridgehead atoms. The molecular weight excluding hydrogens is 272 g/mol. The molecule has 1 N–H and O–H groups in total. The van der Waals surface area contributed by atoms with E-state index in [1.165, 1.54) is 12.0 Å². The fourth-order valence-corrected chi connectivity index (χ4v) is 2.00. The second kappa shape index (κ2) is 6.21. The van der Waals surface area contributed by atoms with Crippen molar-refractivity contribution in [3.05, 3.63) is 41.1 Å². The summed E-state index contributed by atoms with van der Waals surface area (Å²) in [5.41, 5.74) is 1.37. The van der Waals surface area contributed by atoms with Gasteiger partial charge in [0.2, 0.25) is 0 Å². The van der Waals surface area contributed by atoms with Gasteiger partial charge in [-0.1, -0.05) is 19.1 Å². The number of carbonyl (C=O) groups excluding carboxylic acids is 3. The van der Waals surface area contributed by atoms with Gasteiger partial charge < -0.3 is 10.1 Å². The third kappa shape index (κ3) is 3.10. The maximum Gasteiger partial charge on any atom is 0.337 e. The Morgan fingerprint density at radius 1 is 1.29 bits per heavy atom. The quantitative estimate of drug-likeness (QED) is 0.520. The fourth-order valence-electron chi connectivity index (χ4n) is 2.00. The Bertz CT molecular complexity index is 605. The average molecular weight is 288 g/mol.